The Hall–Kier alpha value is -0.540. The van der Waals surface area contributed by atoms with Crippen molar-refractivity contribution >= 4 is 34.5 Å². The van der Waals surface area contributed by atoms with E-state index in [-0.39, 0.29) is 0 Å². The van der Waals surface area contributed by atoms with Gasteiger partial charge in [-0.3, -0.25) is 0 Å². The topological polar surface area (TPSA) is 26.0 Å². The van der Waals surface area contributed by atoms with Crippen molar-refractivity contribution in [3.05, 3.63) is 44.6 Å². The van der Waals surface area contributed by atoms with Crippen molar-refractivity contribution in [3.8, 4) is 11.1 Å². The van der Waals surface area contributed by atoms with E-state index in [0.29, 0.717) is 16.6 Å². The van der Waals surface area contributed by atoms with Gasteiger partial charge in [0.05, 0.1) is 0 Å². The fraction of sp³-hybridized carbons (Fsp3) is 0.0909. The Labute approximate surface area is 102 Å². The lowest BCUT2D eigenvalue weighted by Gasteiger charge is -2.01. The van der Waals surface area contributed by atoms with Gasteiger partial charge in [-0.1, -0.05) is 23.2 Å². The van der Waals surface area contributed by atoms with E-state index in [1.165, 1.54) is 0 Å². The summed E-state index contributed by atoms with van der Waals surface area (Å²) < 4.78 is 0. The Kier molecular flexibility index (Phi) is 3.32. The fourth-order valence-corrected chi connectivity index (χ4v) is 2.51. The molecule has 1 heterocycles. The fourth-order valence-electron chi connectivity index (χ4n) is 1.35. The summed E-state index contributed by atoms with van der Waals surface area (Å²) in [7, 11) is 0. The Morgan fingerprint density at radius 3 is 2.67 bits per heavy atom. The lowest BCUT2D eigenvalue weighted by Crippen LogP contribution is -1.91. The van der Waals surface area contributed by atoms with Crippen molar-refractivity contribution in [2.75, 3.05) is 0 Å². The zero-order valence-corrected chi connectivity index (χ0v) is 10.2. The molecule has 15 heavy (non-hydrogen) atoms. The van der Waals surface area contributed by atoms with E-state index in [0.717, 1.165) is 16.0 Å². The number of rotatable bonds is 2. The summed E-state index contributed by atoms with van der Waals surface area (Å²) >= 11 is 13.7. The molecule has 0 fully saturated rings. The zero-order valence-electron chi connectivity index (χ0n) is 7.84. The molecule has 0 spiro atoms. The van der Waals surface area contributed by atoms with Gasteiger partial charge in [-0.25, -0.2) is 0 Å². The molecule has 0 aliphatic carbocycles. The van der Waals surface area contributed by atoms with Crippen molar-refractivity contribution in [3.63, 3.8) is 0 Å². The van der Waals surface area contributed by atoms with Crippen LogP contribution >= 0.6 is 34.5 Å². The molecule has 0 saturated heterocycles. The number of hydrogen-bond donors (Lipinski definition) is 1. The van der Waals surface area contributed by atoms with Gasteiger partial charge >= 0.3 is 0 Å². The van der Waals surface area contributed by atoms with Crippen LogP contribution in [-0.2, 0) is 6.54 Å². The van der Waals surface area contributed by atoms with Crippen molar-refractivity contribution in [1.29, 1.82) is 0 Å². The van der Waals surface area contributed by atoms with Crippen LogP contribution in [0, 0.1) is 0 Å². The van der Waals surface area contributed by atoms with Crippen LogP contribution in [-0.4, -0.2) is 0 Å². The van der Waals surface area contributed by atoms with Crippen LogP contribution < -0.4 is 5.73 Å². The van der Waals surface area contributed by atoms with Gasteiger partial charge in [0.15, 0.2) is 0 Å². The Morgan fingerprint density at radius 2 is 2.00 bits per heavy atom. The van der Waals surface area contributed by atoms with E-state index in [9.17, 15) is 0 Å². The maximum Gasteiger partial charge on any atom is 0.0485 e. The first-order valence-electron chi connectivity index (χ1n) is 4.43. The molecule has 0 aliphatic rings. The monoisotopic (exact) mass is 257 g/mol. The van der Waals surface area contributed by atoms with Crippen LogP contribution in [0.3, 0.4) is 0 Å². The molecule has 2 N–H and O–H groups in total. The van der Waals surface area contributed by atoms with E-state index in [4.69, 9.17) is 28.9 Å². The molecule has 1 nitrogen and oxygen atoms in total. The highest BCUT2D eigenvalue weighted by Crippen LogP contribution is 2.33. The van der Waals surface area contributed by atoms with Crippen LogP contribution in [0.1, 0.15) is 4.88 Å². The smallest absolute Gasteiger partial charge is 0.0485 e. The molecule has 0 unspecified atom stereocenters. The molecule has 0 saturated carbocycles. The van der Waals surface area contributed by atoms with Crippen LogP contribution in [0.15, 0.2) is 29.6 Å². The van der Waals surface area contributed by atoms with E-state index >= 15 is 0 Å². The minimum atomic E-state index is 0.558. The minimum Gasteiger partial charge on any atom is -0.326 e. The molecule has 0 bridgehead atoms. The van der Waals surface area contributed by atoms with E-state index in [1.807, 2.05) is 17.5 Å². The molecule has 0 atom stereocenters. The van der Waals surface area contributed by atoms with Crippen LogP contribution in [0.5, 0.6) is 0 Å². The summed E-state index contributed by atoms with van der Waals surface area (Å²) in [4.78, 5) is 1.14. The third-order valence-corrected chi connectivity index (χ3v) is 3.62. The van der Waals surface area contributed by atoms with Crippen LogP contribution in [0.2, 0.25) is 10.0 Å². The van der Waals surface area contributed by atoms with Gasteiger partial charge in [0.25, 0.3) is 0 Å². The van der Waals surface area contributed by atoms with Crippen molar-refractivity contribution < 1.29 is 0 Å². The number of hydrogen-bond acceptors (Lipinski definition) is 2. The molecule has 4 heteroatoms. The standard InChI is InChI=1S/C11H9Cl2NS/c12-8-1-2-11(13)10(4-8)7-3-9(5-14)15-6-7/h1-4,6H,5,14H2. The van der Waals surface area contributed by atoms with Gasteiger partial charge < -0.3 is 5.73 Å². The average molecular weight is 258 g/mol. The molecule has 1 aromatic carbocycles. The molecule has 78 valence electrons. The average Bonchev–Trinajstić information content (AvgIpc) is 2.70. The number of halogens is 2. The molecule has 0 amide bonds. The van der Waals surface area contributed by atoms with Gasteiger partial charge in [0, 0.05) is 27.0 Å². The number of benzene rings is 1. The first-order chi connectivity index (χ1) is 7.20. The molecular formula is C11H9Cl2NS. The summed E-state index contributed by atoms with van der Waals surface area (Å²) in [6, 6.07) is 7.50. The number of nitrogens with two attached hydrogens (primary N) is 1. The first kappa shape index (κ1) is 11.0. The molecular weight excluding hydrogens is 249 g/mol. The van der Waals surface area contributed by atoms with Gasteiger partial charge in [-0.05, 0) is 35.2 Å². The van der Waals surface area contributed by atoms with Crippen LogP contribution in [0.4, 0.5) is 0 Å². The Balaban J connectivity index is 2.48. The largest absolute Gasteiger partial charge is 0.326 e. The van der Waals surface area contributed by atoms with Gasteiger partial charge in [-0.15, -0.1) is 11.3 Å². The molecule has 0 aliphatic heterocycles. The highest BCUT2D eigenvalue weighted by Gasteiger charge is 2.06. The van der Waals surface area contributed by atoms with E-state index in [2.05, 4.69) is 0 Å². The SMILES string of the molecule is NCc1cc(-c2cc(Cl)ccc2Cl)cs1. The minimum absolute atomic E-state index is 0.558. The lowest BCUT2D eigenvalue weighted by molar-refractivity contribution is 1.11. The molecule has 0 radical (unpaired) electrons. The summed E-state index contributed by atoms with van der Waals surface area (Å²) in [5.74, 6) is 0. The van der Waals surface area contributed by atoms with Crippen molar-refractivity contribution in [2.45, 2.75) is 6.54 Å². The predicted molar refractivity (Wildman–Crippen MR) is 67.7 cm³/mol. The summed E-state index contributed by atoms with van der Waals surface area (Å²) in [5, 5.41) is 3.44. The number of thiophene rings is 1. The second-order valence-electron chi connectivity index (χ2n) is 3.13. The summed E-state index contributed by atoms with van der Waals surface area (Å²) in [6.45, 7) is 0.558. The van der Waals surface area contributed by atoms with E-state index < -0.39 is 0 Å². The maximum atomic E-state index is 6.10. The first-order valence-corrected chi connectivity index (χ1v) is 6.07. The summed E-state index contributed by atoms with van der Waals surface area (Å²) in [6.07, 6.45) is 0. The highest BCUT2D eigenvalue weighted by atomic mass is 35.5. The Morgan fingerprint density at radius 1 is 1.20 bits per heavy atom. The van der Waals surface area contributed by atoms with Gasteiger partial charge in [0.2, 0.25) is 0 Å². The predicted octanol–water partition coefficient (Wildman–Crippen LogP) is 4.18. The highest BCUT2D eigenvalue weighted by molar-refractivity contribution is 7.10. The second-order valence-corrected chi connectivity index (χ2v) is 4.97. The van der Waals surface area contributed by atoms with Crippen molar-refractivity contribution in [2.24, 2.45) is 5.73 Å². The molecule has 2 rings (SSSR count). The van der Waals surface area contributed by atoms with Gasteiger partial charge in [0.1, 0.15) is 0 Å². The summed E-state index contributed by atoms with van der Waals surface area (Å²) in [5.41, 5.74) is 7.60. The quantitative estimate of drug-likeness (QED) is 0.859. The lowest BCUT2D eigenvalue weighted by atomic mass is 10.1. The molecule has 1 aromatic heterocycles. The third kappa shape index (κ3) is 2.34. The van der Waals surface area contributed by atoms with Crippen LogP contribution in [0.25, 0.3) is 11.1 Å². The van der Waals surface area contributed by atoms with E-state index in [1.54, 1.807) is 23.5 Å². The van der Waals surface area contributed by atoms with Gasteiger partial charge in [-0.2, -0.15) is 0 Å². The van der Waals surface area contributed by atoms with Crippen molar-refractivity contribution in [1.82, 2.24) is 0 Å². The normalized spacial score (nSPS) is 10.6. The zero-order chi connectivity index (χ0) is 10.8. The molecule has 2 aromatic rings. The Bertz CT molecular complexity index is 479. The maximum absolute atomic E-state index is 6.10. The second kappa shape index (κ2) is 4.54. The third-order valence-electron chi connectivity index (χ3n) is 2.09.